The molecule has 1 amide bonds. The number of nitrogens with one attached hydrogen (secondary N) is 1. The van der Waals surface area contributed by atoms with Crippen molar-refractivity contribution in [1.29, 1.82) is 0 Å². The maximum Gasteiger partial charge on any atom is 0.416 e. The molecule has 6 nitrogen and oxygen atoms in total. The first-order chi connectivity index (χ1) is 18.3. The highest BCUT2D eigenvalue weighted by Crippen LogP contribution is 2.36. The van der Waals surface area contributed by atoms with Crippen LogP contribution in [0.15, 0.2) is 88.8 Å². The number of hydrogen-bond acceptors (Lipinski definition) is 5. The zero-order chi connectivity index (χ0) is 27.1. The Morgan fingerprint density at radius 1 is 1.05 bits per heavy atom. The molecule has 38 heavy (non-hydrogen) atoms. The molecule has 3 aromatic carbocycles. The Labute approximate surface area is 221 Å². The van der Waals surface area contributed by atoms with E-state index in [9.17, 15) is 22.8 Å². The SMILES string of the molecule is CCOCCCn1c(SC(C(=O)Nc2cccc(C(F)(F)F)c2)c2ccccc2)nc2ccccc2c1=O. The predicted molar refractivity (Wildman–Crippen MR) is 142 cm³/mol. The summed E-state index contributed by atoms with van der Waals surface area (Å²) >= 11 is 1.08. The molecule has 0 saturated heterocycles. The van der Waals surface area contributed by atoms with E-state index in [4.69, 9.17) is 9.72 Å². The van der Waals surface area contributed by atoms with Crippen LogP contribution in [0.1, 0.15) is 29.7 Å². The second kappa shape index (κ2) is 12.3. The third-order valence-electron chi connectivity index (χ3n) is 5.72. The lowest BCUT2D eigenvalue weighted by molar-refractivity contribution is -0.137. The Kier molecular flexibility index (Phi) is 8.85. The van der Waals surface area contributed by atoms with Gasteiger partial charge in [0.1, 0.15) is 5.25 Å². The van der Waals surface area contributed by atoms with E-state index in [2.05, 4.69) is 5.32 Å². The number of aromatic nitrogens is 2. The quantitative estimate of drug-likeness (QED) is 0.145. The zero-order valence-corrected chi connectivity index (χ0v) is 21.4. The van der Waals surface area contributed by atoms with E-state index in [0.29, 0.717) is 47.8 Å². The third-order valence-corrected chi connectivity index (χ3v) is 6.97. The van der Waals surface area contributed by atoms with Crippen molar-refractivity contribution in [3.8, 4) is 0 Å². The average Bonchev–Trinajstić information content (AvgIpc) is 2.91. The largest absolute Gasteiger partial charge is 0.416 e. The molecule has 0 radical (unpaired) electrons. The fourth-order valence-corrected chi connectivity index (χ4v) is 5.01. The van der Waals surface area contributed by atoms with Gasteiger partial charge in [0.05, 0.1) is 16.5 Å². The van der Waals surface area contributed by atoms with Crippen LogP contribution in [-0.2, 0) is 22.3 Å². The Balaban J connectivity index is 1.71. The molecule has 0 saturated carbocycles. The van der Waals surface area contributed by atoms with E-state index in [1.807, 2.05) is 6.92 Å². The molecule has 1 atom stereocenters. The minimum absolute atomic E-state index is 0.0203. The van der Waals surface area contributed by atoms with Crippen LogP contribution in [0.5, 0.6) is 0 Å². The van der Waals surface area contributed by atoms with Gasteiger partial charge in [-0.25, -0.2) is 4.98 Å². The number of para-hydroxylation sites is 1. The highest BCUT2D eigenvalue weighted by Gasteiger charge is 2.31. The second-order valence-corrected chi connectivity index (χ2v) is 9.47. The third kappa shape index (κ3) is 6.62. The summed E-state index contributed by atoms with van der Waals surface area (Å²) in [6.07, 6.45) is -3.98. The van der Waals surface area contributed by atoms with Crippen LogP contribution in [0.4, 0.5) is 18.9 Å². The summed E-state index contributed by atoms with van der Waals surface area (Å²) in [6, 6.07) is 20.3. The van der Waals surface area contributed by atoms with Crippen molar-refractivity contribution in [2.45, 2.75) is 36.5 Å². The topological polar surface area (TPSA) is 73.2 Å². The fraction of sp³-hybridized carbons (Fsp3) is 0.250. The summed E-state index contributed by atoms with van der Waals surface area (Å²) in [5.74, 6) is -0.538. The molecule has 0 aliphatic rings. The first-order valence-electron chi connectivity index (χ1n) is 12.0. The number of carbonyl (C=O) groups excluding carboxylic acids is 1. The van der Waals surface area contributed by atoms with Crippen molar-refractivity contribution in [2.24, 2.45) is 0 Å². The van der Waals surface area contributed by atoms with Crippen LogP contribution in [0.3, 0.4) is 0 Å². The van der Waals surface area contributed by atoms with E-state index < -0.39 is 22.9 Å². The molecule has 1 unspecified atom stereocenters. The predicted octanol–water partition coefficient (Wildman–Crippen LogP) is 6.31. The molecule has 198 valence electrons. The number of ether oxygens (including phenoxy) is 1. The maximum atomic E-state index is 13.5. The Morgan fingerprint density at radius 3 is 2.53 bits per heavy atom. The van der Waals surface area contributed by atoms with E-state index in [-0.39, 0.29) is 11.2 Å². The second-order valence-electron chi connectivity index (χ2n) is 8.40. The van der Waals surface area contributed by atoms with Crippen molar-refractivity contribution < 1.29 is 22.7 Å². The minimum Gasteiger partial charge on any atom is -0.382 e. The summed E-state index contributed by atoms with van der Waals surface area (Å²) in [6.45, 7) is 3.23. The van der Waals surface area contributed by atoms with Gasteiger partial charge in [-0.2, -0.15) is 13.2 Å². The maximum absolute atomic E-state index is 13.5. The van der Waals surface area contributed by atoms with Crippen molar-refractivity contribution in [1.82, 2.24) is 9.55 Å². The lowest BCUT2D eigenvalue weighted by Gasteiger charge is -2.20. The van der Waals surface area contributed by atoms with Gasteiger partial charge in [-0.1, -0.05) is 60.3 Å². The van der Waals surface area contributed by atoms with Gasteiger partial charge in [0, 0.05) is 25.4 Å². The van der Waals surface area contributed by atoms with Crippen LogP contribution in [0, 0.1) is 0 Å². The number of anilines is 1. The van der Waals surface area contributed by atoms with Gasteiger partial charge in [0.2, 0.25) is 5.91 Å². The van der Waals surface area contributed by atoms with E-state index >= 15 is 0 Å². The fourth-order valence-electron chi connectivity index (χ4n) is 3.89. The van der Waals surface area contributed by atoms with Crippen LogP contribution in [0.25, 0.3) is 10.9 Å². The van der Waals surface area contributed by atoms with Crippen LogP contribution < -0.4 is 10.9 Å². The normalized spacial score (nSPS) is 12.4. The molecule has 4 aromatic rings. The summed E-state index contributed by atoms with van der Waals surface area (Å²) in [5, 5.41) is 2.51. The number of alkyl halides is 3. The molecular weight excluding hydrogens is 515 g/mol. The number of nitrogens with zero attached hydrogens (tertiary/aromatic N) is 2. The van der Waals surface area contributed by atoms with Crippen molar-refractivity contribution in [2.75, 3.05) is 18.5 Å². The van der Waals surface area contributed by atoms with Crippen LogP contribution in [0.2, 0.25) is 0 Å². The molecule has 0 spiro atoms. The summed E-state index contributed by atoms with van der Waals surface area (Å²) < 4.78 is 46.6. The molecule has 1 aromatic heterocycles. The molecule has 4 rings (SSSR count). The van der Waals surface area contributed by atoms with Gasteiger partial charge in [0.15, 0.2) is 5.16 Å². The van der Waals surface area contributed by atoms with Gasteiger partial charge < -0.3 is 10.1 Å². The monoisotopic (exact) mass is 541 g/mol. The van der Waals surface area contributed by atoms with E-state index in [1.54, 1.807) is 54.6 Å². The van der Waals surface area contributed by atoms with Gasteiger partial charge in [-0.05, 0) is 49.2 Å². The highest BCUT2D eigenvalue weighted by molar-refractivity contribution is 8.00. The summed E-state index contributed by atoms with van der Waals surface area (Å²) in [4.78, 5) is 31.6. The summed E-state index contributed by atoms with van der Waals surface area (Å²) in [7, 11) is 0. The number of carbonyl (C=O) groups is 1. The Hall–Kier alpha value is -3.63. The number of rotatable bonds is 10. The van der Waals surface area contributed by atoms with Gasteiger partial charge >= 0.3 is 6.18 Å². The molecular formula is C28H26F3N3O3S. The molecule has 10 heteroatoms. The molecule has 1 heterocycles. The molecule has 0 fully saturated rings. The van der Waals surface area contributed by atoms with Gasteiger partial charge in [-0.15, -0.1) is 0 Å². The molecule has 0 bridgehead atoms. The Morgan fingerprint density at radius 2 is 1.79 bits per heavy atom. The number of fused-ring (bicyclic) bond motifs is 1. The van der Waals surface area contributed by atoms with Crippen molar-refractivity contribution >= 4 is 34.3 Å². The van der Waals surface area contributed by atoms with E-state index in [0.717, 1.165) is 23.9 Å². The number of thioether (sulfide) groups is 1. The average molecular weight is 542 g/mol. The zero-order valence-electron chi connectivity index (χ0n) is 20.6. The smallest absolute Gasteiger partial charge is 0.382 e. The number of amides is 1. The van der Waals surface area contributed by atoms with E-state index in [1.165, 1.54) is 16.7 Å². The Bertz CT molecular complexity index is 1460. The van der Waals surface area contributed by atoms with Crippen molar-refractivity contribution in [3.63, 3.8) is 0 Å². The van der Waals surface area contributed by atoms with Crippen LogP contribution in [-0.4, -0.2) is 28.7 Å². The summed E-state index contributed by atoms with van der Waals surface area (Å²) in [5.41, 5.74) is 0.0292. The molecule has 0 aliphatic heterocycles. The number of benzene rings is 3. The first-order valence-corrected chi connectivity index (χ1v) is 12.9. The van der Waals surface area contributed by atoms with Gasteiger partial charge in [-0.3, -0.25) is 14.2 Å². The standard InChI is InChI=1S/C28H26F3N3O3S/c1-2-37-17-9-16-34-26(36)22-14-6-7-15-23(22)33-27(34)38-24(19-10-4-3-5-11-19)25(35)32-21-13-8-12-20(18-21)28(29,30)31/h3-8,10-15,18,24H,2,9,16-17H2,1H3,(H,32,35). The van der Waals surface area contributed by atoms with Crippen molar-refractivity contribution in [3.05, 3.63) is 100 Å². The lowest BCUT2D eigenvalue weighted by atomic mass is 10.1. The first kappa shape index (κ1) is 27.4. The highest BCUT2D eigenvalue weighted by atomic mass is 32.2. The van der Waals surface area contributed by atoms with Gasteiger partial charge in [0.25, 0.3) is 5.56 Å². The number of halogens is 3. The molecule has 1 N–H and O–H groups in total. The molecule has 0 aliphatic carbocycles. The minimum atomic E-state index is -4.54. The van der Waals surface area contributed by atoms with Crippen LogP contribution >= 0.6 is 11.8 Å². The lowest BCUT2D eigenvalue weighted by Crippen LogP contribution is -2.26. The number of hydrogen-bond donors (Lipinski definition) is 1.